The first-order chi connectivity index (χ1) is 16.7. The molecule has 3 amide bonds. The number of sulfonamides is 1. The number of rotatable bonds is 10. The summed E-state index contributed by atoms with van der Waals surface area (Å²) < 4.78 is 27.9. The molecule has 0 aliphatic heterocycles. The van der Waals surface area contributed by atoms with E-state index in [0.29, 0.717) is 33.8 Å². The summed E-state index contributed by atoms with van der Waals surface area (Å²) in [6, 6.07) is 11.7. The van der Waals surface area contributed by atoms with Crippen LogP contribution >= 0.6 is 23.4 Å². The molecule has 14 heteroatoms. The molecule has 0 saturated carbocycles. The number of aromatic nitrogens is 3. The highest BCUT2D eigenvalue weighted by atomic mass is 35.5. The van der Waals surface area contributed by atoms with Crippen LogP contribution in [0.15, 0.2) is 58.6 Å². The fourth-order valence-electron chi connectivity index (χ4n) is 2.84. The third-order valence-electron chi connectivity index (χ3n) is 4.60. The second kappa shape index (κ2) is 11.9. The smallest absolute Gasteiger partial charge is 0.328 e. The van der Waals surface area contributed by atoms with Crippen LogP contribution in [0.25, 0.3) is 11.4 Å². The minimum Gasteiger partial charge on any atom is -0.337 e. The average Bonchev–Trinajstić information content (AvgIpc) is 3.18. The number of nitrogens with zero attached hydrogens (tertiary/aromatic N) is 3. The van der Waals surface area contributed by atoms with Crippen LogP contribution in [0, 0.1) is 0 Å². The zero-order valence-corrected chi connectivity index (χ0v) is 21.1. The van der Waals surface area contributed by atoms with Crippen molar-refractivity contribution in [1.29, 1.82) is 0 Å². The number of nitrogen functional groups attached to an aromatic ring is 1. The van der Waals surface area contributed by atoms with E-state index in [1.54, 1.807) is 24.3 Å². The second-order valence-electron chi connectivity index (χ2n) is 7.23. The zero-order valence-electron chi connectivity index (χ0n) is 18.7. The molecule has 2 aromatic carbocycles. The molecular weight excluding hydrogens is 514 g/mol. The molecule has 0 bridgehead atoms. The van der Waals surface area contributed by atoms with Gasteiger partial charge in [-0.25, -0.2) is 22.6 Å². The Hall–Kier alpha value is -3.29. The summed E-state index contributed by atoms with van der Waals surface area (Å²) in [5.74, 6) is 6.05. The van der Waals surface area contributed by atoms with Gasteiger partial charge in [-0.15, -0.1) is 10.2 Å². The number of urea groups is 1. The summed E-state index contributed by atoms with van der Waals surface area (Å²) in [7, 11) is -4.04. The lowest BCUT2D eigenvalue weighted by atomic mass is 10.2. The Labute approximate surface area is 211 Å². The van der Waals surface area contributed by atoms with Gasteiger partial charge in [0, 0.05) is 17.8 Å². The largest absolute Gasteiger partial charge is 0.337 e. The van der Waals surface area contributed by atoms with Crippen LogP contribution in [0.3, 0.4) is 0 Å². The van der Waals surface area contributed by atoms with Crippen LogP contribution < -0.4 is 21.2 Å². The van der Waals surface area contributed by atoms with Crippen molar-refractivity contribution in [2.24, 2.45) is 0 Å². The van der Waals surface area contributed by atoms with Gasteiger partial charge in [-0.3, -0.25) is 4.79 Å². The standard InChI is InChI=1S/C21H24ClN7O4S2/c1-2-3-12-24-20(31)28-35(32,33)15-10-8-14(9-11-15)25-18(30)13-34-21-27-26-19(29(21)23)16-6-4-5-7-17(16)22/h4-11H,2-3,12-13,23H2,1H3,(H,25,30)(H2,24,28,31). The number of nitrogens with one attached hydrogen (secondary N) is 3. The second-order valence-corrected chi connectivity index (χ2v) is 10.3. The number of halogens is 1. The molecule has 3 rings (SSSR count). The highest BCUT2D eigenvalue weighted by Crippen LogP contribution is 2.27. The number of hydrogen-bond acceptors (Lipinski definition) is 8. The van der Waals surface area contributed by atoms with Crippen molar-refractivity contribution in [1.82, 2.24) is 24.9 Å². The van der Waals surface area contributed by atoms with Gasteiger partial charge < -0.3 is 16.5 Å². The third kappa shape index (κ3) is 7.10. The summed E-state index contributed by atoms with van der Waals surface area (Å²) in [5, 5.41) is 14.0. The number of anilines is 1. The molecule has 0 saturated heterocycles. The van der Waals surface area contributed by atoms with Crippen molar-refractivity contribution < 1.29 is 18.0 Å². The summed E-state index contributed by atoms with van der Waals surface area (Å²) in [4.78, 5) is 24.0. The average molecular weight is 538 g/mol. The van der Waals surface area contributed by atoms with Gasteiger partial charge in [-0.2, -0.15) is 0 Å². The molecule has 5 N–H and O–H groups in total. The van der Waals surface area contributed by atoms with E-state index in [0.717, 1.165) is 24.6 Å². The summed E-state index contributed by atoms with van der Waals surface area (Å²) in [6.45, 7) is 2.33. The predicted molar refractivity (Wildman–Crippen MR) is 135 cm³/mol. The van der Waals surface area contributed by atoms with Crippen LogP contribution in [0.1, 0.15) is 19.8 Å². The number of carbonyl (C=O) groups excluding carboxylic acids is 2. The normalized spacial score (nSPS) is 11.1. The van der Waals surface area contributed by atoms with Gasteiger partial charge in [0.2, 0.25) is 11.1 Å². The maximum atomic E-state index is 12.3. The summed E-state index contributed by atoms with van der Waals surface area (Å²) in [6.07, 6.45) is 1.61. The highest BCUT2D eigenvalue weighted by Gasteiger charge is 2.18. The van der Waals surface area contributed by atoms with Gasteiger partial charge in [-0.05, 0) is 42.8 Å². The first-order valence-electron chi connectivity index (χ1n) is 10.5. The number of benzene rings is 2. The molecule has 0 aliphatic rings. The summed E-state index contributed by atoms with van der Waals surface area (Å²) >= 11 is 7.26. The van der Waals surface area contributed by atoms with Gasteiger partial charge in [0.05, 0.1) is 15.7 Å². The molecule has 0 atom stereocenters. The van der Waals surface area contributed by atoms with Crippen molar-refractivity contribution in [2.75, 3.05) is 23.5 Å². The van der Waals surface area contributed by atoms with E-state index in [-0.39, 0.29) is 16.6 Å². The molecule has 3 aromatic rings. The number of thioether (sulfide) groups is 1. The van der Waals surface area contributed by atoms with Crippen molar-refractivity contribution in [2.45, 2.75) is 29.8 Å². The molecule has 0 fully saturated rings. The Morgan fingerprint density at radius 1 is 1.11 bits per heavy atom. The van der Waals surface area contributed by atoms with Crippen LogP contribution in [-0.4, -0.2) is 47.5 Å². The molecule has 1 aromatic heterocycles. The summed E-state index contributed by atoms with van der Waals surface area (Å²) in [5.41, 5.74) is 0.997. The van der Waals surface area contributed by atoms with Gasteiger partial charge in [-0.1, -0.05) is 48.8 Å². The Kier molecular flexibility index (Phi) is 8.95. The molecule has 35 heavy (non-hydrogen) atoms. The fourth-order valence-corrected chi connectivity index (χ4v) is 4.65. The predicted octanol–water partition coefficient (Wildman–Crippen LogP) is 2.83. The van der Waals surface area contributed by atoms with Crippen molar-refractivity contribution in [3.8, 4) is 11.4 Å². The Morgan fingerprint density at radius 3 is 2.51 bits per heavy atom. The Bertz CT molecular complexity index is 1300. The quantitative estimate of drug-likeness (QED) is 0.174. The topological polar surface area (TPSA) is 161 Å². The van der Waals surface area contributed by atoms with E-state index in [1.165, 1.54) is 28.9 Å². The fraction of sp³-hybridized carbons (Fsp3) is 0.238. The van der Waals surface area contributed by atoms with E-state index < -0.39 is 16.1 Å². The van der Waals surface area contributed by atoms with E-state index in [1.807, 2.05) is 11.6 Å². The third-order valence-corrected chi connectivity index (χ3v) is 7.22. The number of hydrogen-bond donors (Lipinski definition) is 4. The maximum Gasteiger partial charge on any atom is 0.328 e. The molecular formula is C21H24ClN7O4S2. The molecule has 186 valence electrons. The molecule has 11 nitrogen and oxygen atoms in total. The molecule has 0 aliphatic carbocycles. The lowest BCUT2D eigenvalue weighted by molar-refractivity contribution is -0.113. The highest BCUT2D eigenvalue weighted by molar-refractivity contribution is 7.99. The Balaban J connectivity index is 1.55. The van der Waals surface area contributed by atoms with Crippen LogP contribution in [0.4, 0.5) is 10.5 Å². The van der Waals surface area contributed by atoms with Crippen LogP contribution in [-0.2, 0) is 14.8 Å². The number of carbonyl (C=O) groups is 2. The number of unbranched alkanes of at least 4 members (excludes halogenated alkanes) is 1. The van der Waals surface area contributed by atoms with Gasteiger partial charge >= 0.3 is 6.03 Å². The van der Waals surface area contributed by atoms with E-state index >= 15 is 0 Å². The van der Waals surface area contributed by atoms with Gasteiger partial charge in [0.25, 0.3) is 10.0 Å². The molecule has 1 heterocycles. The minimum absolute atomic E-state index is 0.0165. The number of nitrogens with two attached hydrogens (primary N) is 1. The first-order valence-corrected chi connectivity index (χ1v) is 13.3. The lowest BCUT2D eigenvalue weighted by Crippen LogP contribution is -2.39. The number of amides is 3. The Morgan fingerprint density at radius 2 is 1.83 bits per heavy atom. The molecule has 0 unspecified atom stereocenters. The molecule has 0 radical (unpaired) electrons. The van der Waals surface area contributed by atoms with Crippen molar-refractivity contribution in [3.05, 3.63) is 53.6 Å². The maximum absolute atomic E-state index is 12.3. The van der Waals surface area contributed by atoms with Gasteiger partial charge in [0.1, 0.15) is 0 Å². The monoisotopic (exact) mass is 537 g/mol. The lowest BCUT2D eigenvalue weighted by Gasteiger charge is -2.09. The van der Waals surface area contributed by atoms with E-state index in [2.05, 4.69) is 20.8 Å². The van der Waals surface area contributed by atoms with Crippen molar-refractivity contribution in [3.63, 3.8) is 0 Å². The van der Waals surface area contributed by atoms with Crippen LogP contribution in [0.2, 0.25) is 5.02 Å². The van der Waals surface area contributed by atoms with Gasteiger partial charge in [0.15, 0.2) is 5.82 Å². The van der Waals surface area contributed by atoms with Crippen molar-refractivity contribution >= 4 is 51.0 Å². The molecule has 0 spiro atoms. The van der Waals surface area contributed by atoms with Crippen LogP contribution in [0.5, 0.6) is 0 Å². The SMILES string of the molecule is CCCCNC(=O)NS(=O)(=O)c1ccc(NC(=O)CSc2nnc(-c3ccccc3Cl)n2N)cc1. The minimum atomic E-state index is -4.04. The van der Waals surface area contributed by atoms with E-state index in [9.17, 15) is 18.0 Å². The van der Waals surface area contributed by atoms with E-state index in [4.69, 9.17) is 17.4 Å². The zero-order chi connectivity index (χ0) is 25.4. The first kappa shape index (κ1) is 26.3.